The number of nitro groups is 1. The summed E-state index contributed by atoms with van der Waals surface area (Å²) in [7, 11) is 0. The Labute approximate surface area is 124 Å². The molecule has 0 bridgehead atoms. The molecule has 0 aliphatic heterocycles. The monoisotopic (exact) mass is 300 g/mol. The van der Waals surface area contributed by atoms with Crippen LogP contribution >= 0.6 is 0 Å². The largest absolute Gasteiger partial charge is 0.433 e. The number of nitrogens with zero attached hydrogens (tertiary/aromatic N) is 3. The Hall–Kier alpha value is -3.16. The molecule has 112 valence electrons. The molecule has 0 fully saturated rings. The standard InChI is InChI=1S/C14H12N4O4/c1-8-4-3-5-9(2)12(8)17-13(15-16-14(17)19)10-6-7-11(22-10)18(20)21/h3-7H,1-2H3,(H,16,19). The SMILES string of the molecule is Cc1cccc(C)c1-n1c(-c2ccc([N+](=O)[O-])o2)n[nH]c1=O. The smallest absolute Gasteiger partial charge is 0.397 e. The molecule has 2 heterocycles. The quantitative estimate of drug-likeness (QED) is 0.590. The average molecular weight is 300 g/mol. The van der Waals surface area contributed by atoms with Crippen molar-refractivity contribution in [3.05, 3.63) is 62.1 Å². The highest BCUT2D eigenvalue weighted by Gasteiger charge is 2.21. The van der Waals surface area contributed by atoms with Crippen molar-refractivity contribution in [2.45, 2.75) is 13.8 Å². The summed E-state index contributed by atoms with van der Waals surface area (Å²) >= 11 is 0. The van der Waals surface area contributed by atoms with Gasteiger partial charge in [0.05, 0.1) is 11.8 Å². The summed E-state index contributed by atoms with van der Waals surface area (Å²) in [6.45, 7) is 3.74. The third kappa shape index (κ3) is 2.10. The summed E-state index contributed by atoms with van der Waals surface area (Å²) < 4.78 is 6.50. The Balaban J connectivity index is 2.24. The lowest BCUT2D eigenvalue weighted by atomic mass is 10.1. The number of para-hydroxylation sites is 1. The van der Waals surface area contributed by atoms with Crippen LogP contribution in [-0.4, -0.2) is 19.7 Å². The summed E-state index contributed by atoms with van der Waals surface area (Å²) in [6, 6.07) is 8.27. The molecule has 0 aliphatic carbocycles. The maximum Gasteiger partial charge on any atom is 0.433 e. The molecule has 1 aromatic carbocycles. The van der Waals surface area contributed by atoms with E-state index in [1.807, 2.05) is 32.0 Å². The first kappa shape index (κ1) is 13.8. The molecular formula is C14H12N4O4. The van der Waals surface area contributed by atoms with Crippen molar-refractivity contribution in [2.24, 2.45) is 0 Å². The molecule has 0 saturated heterocycles. The minimum atomic E-state index is -0.641. The van der Waals surface area contributed by atoms with Gasteiger partial charge in [-0.15, -0.1) is 5.10 Å². The topological polar surface area (TPSA) is 107 Å². The minimum absolute atomic E-state index is 0.146. The maximum atomic E-state index is 12.1. The van der Waals surface area contributed by atoms with E-state index in [0.717, 1.165) is 11.1 Å². The summed E-state index contributed by atoms with van der Waals surface area (Å²) in [5, 5.41) is 17.0. The zero-order valence-electron chi connectivity index (χ0n) is 11.9. The van der Waals surface area contributed by atoms with Crippen LogP contribution in [0.5, 0.6) is 0 Å². The zero-order valence-corrected chi connectivity index (χ0v) is 11.9. The van der Waals surface area contributed by atoms with Gasteiger partial charge in [-0.1, -0.05) is 18.2 Å². The van der Waals surface area contributed by atoms with E-state index in [1.165, 1.54) is 16.7 Å². The number of aryl methyl sites for hydroxylation is 2. The fraction of sp³-hybridized carbons (Fsp3) is 0.143. The van der Waals surface area contributed by atoms with Gasteiger partial charge in [0, 0.05) is 0 Å². The van der Waals surface area contributed by atoms with Gasteiger partial charge in [0.15, 0.2) is 5.76 Å². The van der Waals surface area contributed by atoms with Crippen LogP contribution in [-0.2, 0) is 0 Å². The molecule has 8 heteroatoms. The van der Waals surface area contributed by atoms with Crippen molar-refractivity contribution in [3.63, 3.8) is 0 Å². The van der Waals surface area contributed by atoms with Gasteiger partial charge in [0.1, 0.15) is 4.92 Å². The van der Waals surface area contributed by atoms with Crippen molar-refractivity contribution >= 4 is 5.88 Å². The number of aromatic amines is 1. The van der Waals surface area contributed by atoms with Gasteiger partial charge >= 0.3 is 11.6 Å². The highest BCUT2D eigenvalue weighted by Crippen LogP contribution is 2.27. The number of hydrogen-bond acceptors (Lipinski definition) is 5. The van der Waals surface area contributed by atoms with E-state index < -0.39 is 16.5 Å². The van der Waals surface area contributed by atoms with Gasteiger partial charge in [-0.2, -0.15) is 0 Å². The third-order valence-corrected chi connectivity index (χ3v) is 3.33. The highest BCUT2D eigenvalue weighted by molar-refractivity contribution is 5.57. The molecule has 0 radical (unpaired) electrons. The van der Waals surface area contributed by atoms with E-state index in [1.54, 1.807) is 0 Å². The predicted octanol–water partition coefficient (Wildman–Crippen LogP) is 2.35. The predicted molar refractivity (Wildman–Crippen MR) is 78.0 cm³/mol. The fourth-order valence-electron chi connectivity index (χ4n) is 2.37. The molecular weight excluding hydrogens is 288 g/mol. The van der Waals surface area contributed by atoms with Gasteiger partial charge in [-0.25, -0.2) is 14.5 Å². The van der Waals surface area contributed by atoms with E-state index >= 15 is 0 Å². The van der Waals surface area contributed by atoms with Crippen LogP contribution < -0.4 is 5.69 Å². The number of rotatable bonds is 3. The van der Waals surface area contributed by atoms with Crippen molar-refractivity contribution in [1.82, 2.24) is 14.8 Å². The van der Waals surface area contributed by atoms with Gasteiger partial charge in [-0.3, -0.25) is 10.1 Å². The second-order valence-electron chi connectivity index (χ2n) is 4.82. The van der Waals surface area contributed by atoms with Crippen LogP contribution in [0.3, 0.4) is 0 Å². The van der Waals surface area contributed by atoms with Crippen LogP contribution in [0.2, 0.25) is 0 Å². The van der Waals surface area contributed by atoms with Crippen molar-refractivity contribution in [3.8, 4) is 17.3 Å². The number of aromatic nitrogens is 3. The first-order valence-corrected chi connectivity index (χ1v) is 6.47. The Morgan fingerprint density at radius 1 is 1.23 bits per heavy atom. The molecule has 8 nitrogen and oxygen atoms in total. The van der Waals surface area contributed by atoms with Gasteiger partial charge in [0.2, 0.25) is 5.82 Å². The Bertz CT molecular complexity index is 899. The first-order chi connectivity index (χ1) is 10.5. The summed E-state index contributed by atoms with van der Waals surface area (Å²) in [5.41, 5.74) is 2.00. The minimum Gasteiger partial charge on any atom is -0.397 e. The maximum absolute atomic E-state index is 12.1. The molecule has 3 aromatic rings. The zero-order chi connectivity index (χ0) is 15.9. The van der Waals surface area contributed by atoms with Crippen molar-refractivity contribution < 1.29 is 9.34 Å². The number of benzene rings is 1. The molecule has 2 aromatic heterocycles. The van der Waals surface area contributed by atoms with Crippen LogP contribution in [0.1, 0.15) is 11.1 Å². The average Bonchev–Trinajstić information content (AvgIpc) is 3.06. The number of nitrogens with one attached hydrogen (secondary N) is 1. The van der Waals surface area contributed by atoms with E-state index in [4.69, 9.17) is 4.42 Å². The first-order valence-electron chi connectivity index (χ1n) is 6.47. The molecule has 0 aliphatic rings. The van der Waals surface area contributed by atoms with Crippen LogP contribution in [0.15, 0.2) is 39.5 Å². The van der Waals surface area contributed by atoms with Crippen molar-refractivity contribution in [2.75, 3.05) is 0 Å². The van der Waals surface area contributed by atoms with Crippen molar-refractivity contribution in [1.29, 1.82) is 0 Å². The van der Waals surface area contributed by atoms with Gasteiger partial charge in [0.25, 0.3) is 0 Å². The van der Waals surface area contributed by atoms with Crippen LogP contribution in [0.4, 0.5) is 5.88 Å². The number of hydrogen-bond donors (Lipinski definition) is 1. The number of H-pyrrole nitrogens is 1. The van der Waals surface area contributed by atoms with E-state index in [0.29, 0.717) is 5.69 Å². The lowest BCUT2D eigenvalue weighted by Crippen LogP contribution is -2.17. The highest BCUT2D eigenvalue weighted by atomic mass is 16.6. The second kappa shape index (κ2) is 4.99. The lowest BCUT2D eigenvalue weighted by molar-refractivity contribution is -0.401. The summed E-state index contributed by atoms with van der Waals surface area (Å²) in [4.78, 5) is 22.2. The molecule has 0 atom stereocenters. The Kier molecular flexibility index (Phi) is 3.13. The van der Waals surface area contributed by atoms with Gasteiger partial charge in [-0.05, 0) is 31.0 Å². The Morgan fingerprint density at radius 3 is 2.50 bits per heavy atom. The summed E-state index contributed by atoms with van der Waals surface area (Å²) in [6.07, 6.45) is 0. The van der Waals surface area contributed by atoms with E-state index in [9.17, 15) is 14.9 Å². The normalized spacial score (nSPS) is 10.8. The molecule has 3 rings (SSSR count). The Morgan fingerprint density at radius 2 is 1.91 bits per heavy atom. The number of furan rings is 1. The van der Waals surface area contributed by atoms with Crippen LogP contribution in [0.25, 0.3) is 17.3 Å². The molecule has 22 heavy (non-hydrogen) atoms. The fourth-order valence-corrected chi connectivity index (χ4v) is 2.37. The third-order valence-electron chi connectivity index (χ3n) is 3.33. The van der Waals surface area contributed by atoms with Gasteiger partial charge < -0.3 is 4.42 Å². The van der Waals surface area contributed by atoms with Crippen LogP contribution in [0, 0.1) is 24.0 Å². The lowest BCUT2D eigenvalue weighted by Gasteiger charge is -2.10. The molecule has 1 N–H and O–H groups in total. The molecule has 0 unspecified atom stereocenters. The molecule has 0 amide bonds. The summed E-state index contributed by atoms with van der Waals surface area (Å²) in [5.74, 6) is -0.0679. The second-order valence-corrected chi connectivity index (χ2v) is 4.82. The molecule has 0 saturated carbocycles. The molecule has 0 spiro atoms. The van der Waals surface area contributed by atoms with E-state index in [-0.39, 0.29) is 11.6 Å². The van der Waals surface area contributed by atoms with E-state index in [2.05, 4.69) is 10.2 Å².